The van der Waals surface area contributed by atoms with Crippen LogP contribution in [0.5, 0.6) is 0 Å². The molecule has 2 saturated heterocycles. The van der Waals surface area contributed by atoms with E-state index in [0.29, 0.717) is 38.0 Å². The lowest BCUT2D eigenvalue weighted by molar-refractivity contribution is -0.360. The van der Waals surface area contributed by atoms with Crippen LogP contribution in [0.15, 0.2) is 24.3 Å². The normalized spacial score (nSPS) is 25.2. The highest BCUT2D eigenvalue weighted by atomic mass is 31.2. The summed E-state index contributed by atoms with van der Waals surface area (Å²) in [6.45, 7) is 7.91. The Labute approximate surface area is 717 Å². The molecule has 119 heavy (non-hydrogen) atoms. The summed E-state index contributed by atoms with van der Waals surface area (Å²) in [5.74, 6) is -2.30. The van der Waals surface area contributed by atoms with Crippen molar-refractivity contribution in [3.8, 4) is 0 Å². The molecule has 0 aromatic carbocycles. The van der Waals surface area contributed by atoms with Crippen molar-refractivity contribution in [1.82, 2.24) is 0 Å². The third-order valence-corrected chi connectivity index (χ3v) is 24.6. The number of ether oxygens (including phenoxy) is 8. The molecule has 0 bridgehead atoms. The number of unbranched alkanes of at least 4 members (excludes halogenated alkanes) is 45. The van der Waals surface area contributed by atoms with Gasteiger partial charge in [-0.05, 0) is 83.0 Å². The van der Waals surface area contributed by atoms with Crippen LogP contribution in [0.2, 0.25) is 0 Å². The number of hydrogen-bond donors (Lipinski definition) is 10. The fraction of sp³-hybridized carbons (Fsp3) is 0.914. The van der Waals surface area contributed by atoms with E-state index in [9.17, 15) is 74.6 Å². The van der Waals surface area contributed by atoms with E-state index < -0.39 is 162 Å². The van der Waals surface area contributed by atoms with Gasteiger partial charge in [-0.3, -0.25) is 28.2 Å². The smallest absolute Gasteiger partial charge is 0.463 e. The molecular weight excluding hydrogens is 1550 g/mol. The van der Waals surface area contributed by atoms with Gasteiger partial charge in [-0.2, -0.15) is 0 Å². The fourth-order valence-corrected chi connectivity index (χ4v) is 16.8. The van der Waals surface area contributed by atoms with Crippen LogP contribution < -0.4 is 0 Å². The predicted molar refractivity (Wildman–Crippen MR) is 462 cm³/mol. The molecule has 0 amide bonds. The van der Waals surface area contributed by atoms with Crippen molar-refractivity contribution in [3.05, 3.63) is 24.3 Å². The maximum absolute atomic E-state index is 14.9. The van der Waals surface area contributed by atoms with Gasteiger partial charge < -0.3 is 88.7 Å². The molecular formula is C93H171O25P. The summed E-state index contributed by atoms with van der Waals surface area (Å²) in [6.07, 6.45) is 30.3. The van der Waals surface area contributed by atoms with Crippen molar-refractivity contribution in [3.63, 3.8) is 0 Å². The maximum Gasteiger partial charge on any atom is 0.472 e. The van der Waals surface area contributed by atoms with Crippen molar-refractivity contribution < 1.29 is 122 Å². The standard InChI is InChI=1S/C93H171O25P/c1-6-10-14-18-22-25-28-31-33-35-38-41-43-46-54-60-66-78(97)112-73(69-109-76(95)64-58-52-45-42-39-37-34-32-29-26-23-19-15-11-7-2)70-111-119(107,108)118-91-89(116-92-86(105)82(101)80(99)74(68-94)113-92)85(104)84(103)88(115-79(98)67-61-55-47-44-40-36-30-27-24-20-16-12-8-3)90(91)117-93-87(106)83(102)81(100)75(114-93)71-110-77(96)65-59-53-49-48-51-57-63-72(5)62-56-50-21-17-13-9-4/h26,29,36,40,72-75,80-94,99-106H,6-25,27-28,30-35,37-39,41-71H2,1-5H3,(H,107,108)/b29-26-,40-36-. The molecule has 0 aromatic rings. The quantitative estimate of drug-likeness (QED) is 0.00889. The second-order valence-corrected chi connectivity index (χ2v) is 35.9. The molecule has 26 heteroatoms. The van der Waals surface area contributed by atoms with E-state index in [1.165, 1.54) is 167 Å². The zero-order valence-electron chi connectivity index (χ0n) is 74.6. The van der Waals surface area contributed by atoms with E-state index in [-0.39, 0.29) is 32.1 Å². The highest BCUT2D eigenvalue weighted by molar-refractivity contribution is 7.47. The topological polar surface area (TPSA) is 380 Å². The molecule has 1 saturated carbocycles. The molecule has 3 fully saturated rings. The van der Waals surface area contributed by atoms with Gasteiger partial charge in [-0.25, -0.2) is 4.57 Å². The molecule has 0 spiro atoms. The molecule has 2 aliphatic heterocycles. The first-order valence-corrected chi connectivity index (χ1v) is 49.5. The van der Waals surface area contributed by atoms with Gasteiger partial charge in [0.15, 0.2) is 24.8 Å². The van der Waals surface area contributed by atoms with Gasteiger partial charge in [-0.15, -0.1) is 0 Å². The highest BCUT2D eigenvalue weighted by Gasteiger charge is 2.60. The maximum atomic E-state index is 14.9. The Balaban J connectivity index is 1.91. The Kier molecular flexibility index (Phi) is 65.7. The average Bonchev–Trinajstić information content (AvgIpc) is 0.754. The number of aliphatic hydroxyl groups is 9. The lowest BCUT2D eigenvalue weighted by Gasteiger charge is -2.50. The summed E-state index contributed by atoms with van der Waals surface area (Å²) < 4.78 is 73.5. The van der Waals surface area contributed by atoms with E-state index >= 15 is 0 Å². The molecule has 3 aliphatic rings. The van der Waals surface area contributed by atoms with Gasteiger partial charge in [-0.1, -0.05) is 329 Å². The van der Waals surface area contributed by atoms with Crippen LogP contribution in [0.1, 0.15) is 407 Å². The number of allylic oxidation sites excluding steroid dienone is 4. The number of hydrogen-bond acceptors (Lipinski definition) is 24. The van der Waals surface area contributed by atoms with E-state index in [1.54, 1.807) is 0 Å². The van der Waals surface area contributed by atoms with Gasteiger partial charge in [0.2, 0.25) is 0 Å². The Morgan fingerprint density at radius 2 is 0.681 bits per heavy atom. The van der Waals surface area contributed by atoms with Crippen LogP contribution in [-0.4, -0.2) is 205 Å². The first kappa shape index (κ1) is 110. The van der Waals surface area contributed by atoms with E-state index in [2.05, 4.69) is 58.9 Å². The number of carbonyl (C=O) groups excluding carboxylic acids is 4. The molecule has 2 heterocycles. The number of carbonyl (C=O) groups is 4. The second-order valence-electron chi connectivity index (χ2n) is 34.5. The van der Waals surface area contributed by atoms with Gasteiger partial charge in [0.05, 0.1) is 13.2 Å². The van der Waals surface area contributed by atoms with Crippen LogP contribution >= 0.6 is 7.82 Å². The number of phosphoric ester groups is 1. The van der Waals surface area contributed by atoms with Crippen molar-refractivity contribution in [2.24, 2.45) is 5.92 Å². The molecule has 0 aromatic heterocycles. The van der Waals surface area contributed by atoms with Gasteiger partial charge in [0, 0.05) is 25.7 Å². The van der Waals surface area contributed by atoms with Crippen molar-refractivity contribution in [2.75, 3.05) is 26.4 Å². The molecule has 19 unspecified atom stereocenters. The third kappa shape index (κ3) is 51.4. The summed E-state index contributed by atoms with van der Waals surface area (Å²) in [4.78, 5) is 66.5. The van der Waals surface area contributed by atoms with E-state index in [1.807, 2.05) is 0 Å². The van der Waals surface area contributed by atoms with Gasteiger partial charge in [0.1, 0.15) is 92.6 Å². The van der Waals surface area contributed by atoms with Crippen molar-refractivity contribution in [2.45, 2.75) is 511 Å². The summed E-state index contributed by atoms with van der Waals surface area (Å²) in [5.41, 5.74) is 0. The molecule has 10 N–H and O–H groups in total. The Bertz CT molecular complexity index is 2580. The molecule has 0 radical (unpaired) electrons. The SMILES string of the molecule is CCCCCC/C=C\CCCCCCCCCC(=O)OCC(COP(=O)(O)OC1C(OC2OC(CO)C(O)C(O)C2O)C(O)C(O)C(OC(=O)CCCCC/C=C\CCCCCCCC)C1OC1OC(COC(=O)CCCCCCCCC(C)CCCCCCCC)C(O)C(O)C1O)OC(=O)CCCCCCCCCCCCCCCCCC. The van der Waals surface area contributed by atoms with Crippen LogP contribution in [0.25, 0.3) is 0 Å². The lowest BCUT2D eigenvalue weighted by Crippen LogP contribution is -2.70. The molecule has 25 nitrogen and oxygen atoms in total. The van der Waals surface area contributed by atoms with Crippen LogP contribution in [-0.2, 0) is 70.7 Å². The predicted octanol–water partition coefficient (Wildman–Crippen LogP) is 18.0. The Morgan fingerprint density at radius 3 is 1.10 bits per heavy atom. The van der Waals surface area contributed by atoms with Gasteiger partial charge in [0.25, 0.3) is 0 Å². The van der Waals surface area contributed by atoms with E-state index in [0.717, 1.165) is 141 Å². The molecule has 3 rings (SSSR count). The lowest BCUT2D eigenvalue weighted by atomic mass is 9.84. The first-order valence-electron chi connectivity index (χ1n) is 48.0. The monoisotopic (exact) mass is 1720 g/mol. The zero-order valence-corrected chi connectivity index (χ0v) is 75.5. The first-order chi connectivity index (χ1) is 57.6. The molecule has 19 atom stereocenters. The van der Waals surface area contributed by atoms with Gasteiger partial charge >= 0.3 is 31.7 Å². The Morgan fingerprint density at radius 1 is 0.353 bits per heavy atom. The number of phosphoric acid groups is 1. The fourth-order valence-electron chi connectivity index (χ4n) is 15.8. The second kappa shape index (κ2) is 71.0. The minimum Gasteiger partial charge on any atom is -0.463 e. The van der Waals surface area contributed by atoms with Crippen LogP contribution in [0, 0.1) is 5.92 Å². The van der Waals surface area contributed by atoms with Crippen molar-refractivity contribution in [1.29, 1.82) is 0 Å². The van der Waals surface area contributed by atoms with Crippen LogP contribution in [0.3, 0.4) is 0 Å². The summed E-state index contributed by atoms with van der Waals surface area (Å²) >= 11 is 0. The largest absolute Gasteiger partial charge is 0.472 e. The minimum absolute atomic E-state index is 0.0132. The zero-order chi connectivity index (χ0) is 86.9. The Hall–Kier alpha value is -3.05. The highest BCUT2D eigenvalue weighted by Crippen LogP contribution is 2.49. The average molecular weight is 1720 g/mol. The van der Waals surface area contributed by atoms with Crippen LogP contribution in [0.4, 0.5) is 0 Å². The van der Waals surface area contributed by atoms with E-state index in [4.69, 9.17) is 46.9 Å². The summed E-state index contributed by atoms with van der Waals surface area (Å²) in [7, 11) is -5.81. The van der Waals surface area contributed by atoms with Crippen molar-refractivity contribution >= 4 is 31.7 Å². The summed E-state index contributed by atoms with van der Waals surface area (Å²) in [6, 6.07) is 0. The summed E-state index contributed by atoms with van der Waals surface area (Å²) in [5, 5.41) is 102. The number of rotatable bonds is 77. The number of esters is 4. The third-order valence-electron chi connectivity index (χ3n) is 23.6. The number of aliphatic hydroxyl groups excluding tert-OH is 9. The molecule has 698 valence electrons. The minimum atomic E-state index is -5.81. The molecule has 1 aliphatic carbocycles.